The van der Waals surface area contributed by atoms with E-state index in [2.05, 4.69) is 55.8 Å². The molecule has 3 unspecified atom stereocenters. The fourth-order valence-electron chi connectivity index (χ4n) is 9.67. The molecule has 0 radical (unpaired) electrons. The lowest BCUT2D eigenvalue weighted by Crippen LogP contribution is -3.09. The van der Waals surface area contributed by atoms with Crippen LogP contribution in [0.5, 0.6) is 0 Å². The van der Waals surface area contributed by atoms with Gasteiger partial charge in [0.25, 0.3) is 11.8 Å². The first-order valence-corrected chi connectivity index (χ1v) is 28.8. The number of quaternary nitrogens is 3. The second kappa shape index (κ2) is 31.2. The number of nitrogens with one attached hydrogen (secondary N) is 4. The van der Waals surface area contributed by atoms with Gasteiger partial charge in [-0.1, -0.05) is 18.2 Å². The van der Waals surface area contributed by atoms with Gasteiger partial charge in [0.15, 0.2) is 11.4 Å². The van der Waals surface area contributed by atoms with Gasteiger partial charge < -0.3 is 62.8 Å². The third kappa shape index (κ3) is 20.5. The Balaban J connectivity index is 1.27. The standard InChI is InChI=1S/C52H78BF2N9O13S2/c1-59(29-14-9-12-23-50(68)73-62-48(66)26-27-49(62)67)30-28-56-51(69)42(22-13-15-31-63(2,3)4)58-52(70)43(37-79-77-75-72)57-47(65)25-24-41-34-39(21-17-33-78-76-74-71)45-36-46-40(20-16-32-64(5,6)7)35-44(38-18-10-8-11-19-38)61(46)53(54,55)60(41)45/h8,10-11,18-19,34-36,42-43H,9,12-17,20-33,37H2,1-7H3,(H3-2,56,57,58,65,69,70,71,72)/p+1. The molecule has 3 aliphatic heterocycles. The Labute approximate surface area is 470 Å². The largest absolute Gasteiger partial charge is 0.737 e. The Bertz CT molecular complexity index is 2490. The van der Waals surface area contributed by atoms with Crippen molar-refractivity contribution in [3.8, 4) is 0 Å². The van der Waals surface area contributed by atoms with Crippen LogP contribution in [0.4, 0.5) is 8.63 Å². The number of nitrogens with zero attached hydrogens (tertiary/aromatic N) is 5. The number of amides is 5. The number of aromatic nitrogens is 1. The number of benzene rings is 1. The van der Waals surface area contributed by atoms with E-state index >= 15 is 8.63 Å². The molecular weight excluding hydrogens is 1070 g/mol. The first-order valence-electron chi connectivity index (χ1n) is 26.9. The minimum absolute atomic E-state index is 0.0235. The summed E-state index contributed by atoms with van der Waals surface area (Å²) in [5, 5.41) is 37.2. The van der Waals surface area contributed by atoms with Crippen molar-refractivity contribution in [2.45, 2.75) is 108 Å². The summed E-state index contributed by atoms with van der Waals surface area (Å²) in [7, 11) is 14.3. The predicted molar refractivity (Wildman–Crippen MR) is 289 cm³/mol. The minimum atomic E-state index is -4.55. The number of carbonyl (C=O) groups is 6. The molecular formula is C52H79BF2N9O13S2+. The average molecular weight is 1150 g/mol. The Hall–Kier alpha value is -5.07. The van der Waals surface area contributed by atoms with Crippen LogP contribution in [0.25, 0.3) is 6.08 Å². The smallest absolute Gasteiger partial charge is 0.691 e. The van der Waals surface area contributed by atoms with Gasteiger partial charge in [0, 0.05) is 90.9 Å². The second-order valence-corrected chi connectivity index (χ2v) is 23.7. The van der Waals surface area contributed by atoms with Crippen molar-refractivity contribution in [3.05, 3.63) is 76.3 Å². The van der Waals surface area contributed by atoms with Crippen LogP contribution >= 0.6 is 24.1 Å². The van der Waals surface area contributed by atoms with E-state index in [1.54, 1.807) is 36.4 Å². The summed E-state index contributed by atoms with van der Waals surface area (Å²) in [6.45, 7) is -1.38. The normalized spacial score (nSPS) is 16.3. The lowest BCUT2D eigenvalue weighted by Gasteiger charge is -2.32. The number of fused-ring (bicyclic) bond motifs is 2. The van der Waals surface area contributed by atoms with Gasteiger partial charge in [0.05, 0.1) is 87.8 Å². The lowest BCUT2D eigenvalue weighted by molar-refractivity contribution is -0.878. The van der Waals surface area contributed by atoms with Crippen LogP contribution in [0, 0.1) is 0 Å². The average Bonchev–Trinajstić information content (AvgIpc) is 3.61. The molecule has 3 atom stereocenters. The topological polar surface area (TPSA) is 246 Å². The molecule has 1 aromatic carbocycles. The number of allylic oxidation sites excluding steroid dienone is 2. The minimum Gasteiger partial charge on any atom is -0.691 e. The van der Waals surface area contributed by atoms with Crippen LogP contribution < -0.4 is 31.4 Å². The molecule has 1 saturated heterocycles. The van der Waals surface area contributed by atoms with E-state index in [1.165, 1.54) is 0 Å². The molecule has 0 spiro atoms. The van der Waals surface area contributed by atoms with Crippen molar-refractivity contribution in [2.75, 3.05) is 93.6 Å². The van der Waals surface area contributed by atoms with Crippen LogP contribution in [0.3, 0.4) is 0 Å². The number of hydroxylamine groups is 2. The van der Waals surface area contributed by atoms with E-state index in [4.69, 9.17) is 4.84 Å². The number of unbranched alkanes of at least 4 members (excludes halogenated alkanes) is 3. The van der Waals surface area contributed by atoms with Gasteiger partial charge in [-0.25, -0.2) is 4.79 Å². The molecule has 1 fully saturated rings. The first-order chi connectivity index (χ1) is 37.5. The third-order valence-electron chi connectivity index (χ3n) is 13.7. The molecule has 0 bridgehead atoms. The fourth-order valence-corrected chi connectivity index (χ4v) is 10.5. The van der Waals surface area contributed by atoms with Crippen molar-refractivity contribution in [2.24, 2.45) is 0 Å². The van der Waals surface area contributed by atoms with Crippen LogP contribution in [-0.4, -0.2) is 177 Å². The van der Waals surface area contributed by atoms with Crippen LogP contribution in [0.2, 0.25) is 0 Å². The summed E-state index contributed by atoms with van der Waals surface area (Å²) in [4.78, 5) is 83.4. The molecule has 22 nitrogen and oxygen atoms in total. The summed E-state index contributed by atoms with van der Waals surface area (Å²) >= 11 is 1.27. The summed E-state index contributed by atoms with van der Waals surface area (Å²) in [5.41, 5.74) is 3.27. The van der Waals surface area contributed by atoms with Crippen molar-refractivity contribution in [1.82, 2.24) is 25.5 Å². The van der Waals surface area contributed by atoms with E-state index in [1.807, 2.05) is 40.3 Å². The van der Waals surface area contributed by atoms with Crippen LogP contribution in [0.15, 0.2) is 53.7 Å². The Morgan fingerprint density at radius 2 is 1.47 bits per heavy atom. The molecule has 3 aliphatic rings. The molecule has 0 aliphatic carbocycles. The van der Waals surface area contributed by atoms with Gasteiger partial charge in [-0.15, -0.1) is 5.06 Å². The molecule has 4 heterocycles. The highest BCUT2D eigenvalue weighted by atomic mass is 32.2. The Morgan fingerprint density at radius 1 is 0.785 bits per heavy atom. The number of hydrogen-bond donors (Lipinski definition) is 4. The highest BCUT2D eigenvalue weighted by Gasteiger charge is 2.54. The number of aryl methyl sites for hydroxylation is 2. The number of imide groups is 1. The van der Waals surface area contributed by atoms with Gasteiger partial charge in [-0.2, -0.15) is 8.67 Å². The molecule has 2 aromatic rings. The number of carbonyl (C=O) groups excluding carboxylic acids is 6. The van der Waals surface area contributed by atoms with E-state index in [9.17, 15) is 39.3 Å². The van der Waals surface area contributed by atoms with Gasteiger partial charge >= 0.3 is 12.9 Å². The van der Waals surface area contributed by atoms with Crippen LogP contribution in [-0.2, 0) is 65.2 Å². The lowest BCUT2D eigenvalue weighted by atomic mass is 9.88. The fraction of sp³-hybridized carbons (Fsp3) is 0.596. The molecule has 27 heteroatoms. The van der Waals surface area contributed by atoms with E-state index in [-0.39, 0.29) is 56.5 Å². The summed E-state index contributed by atoms with van der Waals surface area (Å²) in [5.74, 6) is -3.53. The van der Waals surface area contributed by atoms with E-state index in [0.29, 0.717) is 105 Å². The Kier molecular flexibility index (Phi) is 25.6. The van der Waals surface area contributed by atoms with Gasteiger partial charge in [0.2, 0.25) is 17.7 Å². The van der Waals surface area contributed by atoms with Gasteiger partial charge in [-0.3, -0.25) is 34.0 Å². The molecule has 1 aromatic heterocycles. The molecule has 4 N–H and O–H groups in total. The van der Waals surface area contributed by atoms with Crippen molar-refractivity contribution in [3.63, 3.8) is 0 Å². The predicted octanol–water partition coefficient (Wildman–Crippen LogP) is 1.25. The third-order valence-corrected chi connectivity index (χ3v) is 14.9. The zero-order valence-electron chi connectivity index (χ0n) is 46.5. The molecule has 5 amide bonds. The number of hydrogen-bond acceptors (Lipinski definition) is 15. The zero-order valence-corrected chi connectivity index (χ0v) is 48.2. The highest BCUT2D eigenvalue weighted by Crippen LogP contribution is 2.40. The summed E-state index contributed by atoms with van der Waals surface area (Å²) in [6.07, 6.45) is 8.92. The summed E-state index contributed by atoms with van der Waals surface area (Å²) in [6, 6.07) is 8.34. The van der Waals surface area contributed by atoms with E-state index < -0.39 is 54.6 Å². The maximum atomic E-state index is 17.7. The van der Waals surface area contributed by atoms with Crippen molar-refractivity contribution < 1.29 is 89.8 Å². The highest BCUT2D eigenvalue weighted by molar-refractivity contribution is 7.94. The van der Waals surface area contributed by atoms with Crippen molar-refractivity contribution >= 4 is 78.3 Å². The van der Waals surface area contributed by atoms with E-state index in [0.717, 1.165) is 70.4 Å². The molecule has 5 rings (SSSR count). The Morgan fingerprint density at radius 3 is 2.15 bits per heavy atom. The number of rotatable bonds is 37. The first kappa shape index (κ1) is 64.8. The molecule has 0 saturated carbocycles. The zero-order chi connectivity index (χ0) is 57.8. The summed E-state index contributed by atoms with van der Waals surface area (Å²) < 4.78 is 47.8. The molecule has 79 heavy (non-hydrogen) atoms. The maximum absolute atomic E-state index is 17.7. The maximum Gasteiger partial charge on any atom is 0.737 e. The van der Waals surface area contributed by atoms with Gasteiger partial charge in [0.1, 0.15) is 12.1 Å². The molecule has 438 valence electrons. The van der Waals surface area contributed by atoms with Crippen molar-refractivity contribution in [1.29, 1.82) is 0 Å². The number of halogens is 2. The quantitative estimate of drug-likeness (QED) is 0.0142. The second-order valence-electron chi connectivity index (χ2n) is 22.2. The van der Waals surface area contributed by atoms with Crippen LogP contribution in [0.1, 0.15) is 106 Å². The van der Waals surface area contributed by atoms with Gasteiger partial charge in [-0.05, 0) is 93.7 Å². The monoisotopic (exact) mass is 1150 g/mol. The SMILES string of the molecule is C[NH+](CCCCCC(=O)ON1C(=O)CCC1=O)CCNC(=O)C(CCCC[N+](C)(C)C)NC(=O)C(CSOO[O-])NC(=O)CCc1cc(CCCSOO[O-])c2n1[B-](F)(F)[N+]1=C(c3ccccc3)C=C(CCC[N+](C)(C)C)C1=C2. The number of likely N-dealkylation sites (N-methyl/N-ethyl adjacent to an activating group) is 1.